The van der Waals surface area contributed by atoms with Crippen LogP contribution in [0.1, 0.15) is 11.1 Å². The van der Waals surface area contributed by atoms with Gasteiger partial charge in [0.2, 0.25) is 0 Å². The molecule has 2 aromatic carbocycles. The molecule has 7 nitrogen and oxygen atoms in total. The number of benzene rings is 2. The number of halogens is 1. The molecule has 0 unspecified atom stereocenters. The van der Waals surface area contributed by atoms with E-state index in [0.29, 0.717) is 10.6 Å². The molecule has 0 saturated carbocycles. The first-order valence-corrected chi connectivity index (χ1v) is 8.17. The molecular formula is C14H12ClN3O4S. The molecule has 0 aliphatic carbocycles. The first-order chi connectivity index (χ1) is 10.8. The van der Waals surface area contributed by atoms with Crippen LogP contribution in [0.25, 0.3) is 0 Å². The Morgan fingerprint density at radius 1 is 1.22 bits per heavy atom. The number of nitrogens with zero attached hydrogens (tertiary/aromatic N) is 2. The summed E-state index contributed by atoms with van der Waals surface area (Å²) in [5.41, 5.74) is 0.685. The molecule has 0 bridgehead atoms. The molecule has 0 radical (unpaired) electrons. The van der Waals surface area contributed by atoms with Crippen LogP contribution in [0.3, 0.4) is 0 Å². The molecule has 0 fully saturated rings. The molecular weight excluding hydrogens is 342 g/mol. The van der Waals surface area contributed by atoms with Crippen molar-refractivity contribution in [3.05, 3.63) is 57.5 Å². The van der Waals surface area contributed by atoms with Crippen LogP contribution in [0.5, 0.6) is 5.75 Å². The van der Waals surface area contributed by atoms with E-state index < -0.39 is 10.0 Å². The average Bonchev–Trinajstić information content (AvgIpc) is 2.50. The summed E-state index contributed by atoms with van der Waals surface area (Å²) in [5, 5.41) is 16.5. The van der Waals surface area contributed by atoms with E-state index in [-0.39, 0.29) is 21.9 Å². The van der Waals surface area contributed by atoms with E-state index in [4.69, 9.17) is 11.6 Å². The van der Waals surface area contributed by atoms with Crippen molar-refractivity contribution < 1.29 is 13.5 Å². The van der Waals surface area contributed by atoms with Crippen molar-refractivity contribution in [3.63, 3.8) is 0 Å². The summed E-state index contributed by atoms with van der Waals surface area (Å²) in [4.78, 5) is 12.6. The maximum Gasteiger partial charge on any atom is 0.276 e. The van der Waals surface area contributed by atoms with Gasteiger partial charge in [0.05, 0.1) is 11.1 Å². The predicted octanol–water partition coefficient (Wildman–Crippen LogP) is 3.06. The highest BCUT2D eigenvalue weighted by molar-refractivity contribution is 7.89. The molecule has 23 heavy (non-hydrogen) atoms. The van der Waals surface area contributed by atoms with Crippen LogP contribution < -0.4 is 4.83 Å². The van der Waals surface area contributed by atoms with Gasteiger partial charge in [0.25, 0.3) is 10.0 Å². The van der Waals surface area contributed by atoms with Gasteiger partial charge in [-0.25, -0.2) is 4.83 Å². The normalized spacial score (nSPS) is 11.6. The zero-order valence-electron chi connectivity index (χ0n) is 11.9. The van der Waals surface area contributed by atoms with E-state index >= 15 is 0 Å². The fourth-order valence-electron chi connectivity index (χ4n) is 1.79. The SMILES string of the molecule is Cc1cc(C=NNS(=O)(=O)c2ccc(Cl)cc2)c(O)c(N=O)c1. The Morgan fingerprint density at radius 3 is 2.48 bits per heavy atom. The molecule has 0 amide bonds. The summed E-state index contributed by atoms with van der Waals surface area (Å²) >= 11 is 5.70. The molecule has 9 heteroatoms. The molecule has 0 heterocycles. The number of hydrogen-bond donors (Lipinski definition) is 2. The number of nitroso groups, excluding NO2 is 1. The first-order valence-electron chi connectivity index (χ1n) is 6.31. The Labute approximate surface area is 137 Å². The molecule has 0 saturated heterocycles. The number of hydrogen-bond acceptors (Lipinski definition) is 6. The van der Waals surface area contributed by atoms with Crippen LogP contribution in [0, 0.1) is 11.8 Å². The lowest BCUT2D eigenvalue weighted by molar-refractivity contribution is 0.475. The van der Waals surface area contributed by atoms with Gasteiger partial charge in [0.15, 0.2) is 11.4 Å². The summed E-state index contributed by atoms with van der Waals surface area (Å²) in [5.74, 6) is -0.375. The average molecular weight is 354 g/mol. The highest BCUT2D eigenvalue weighted by Gasteiger charge is 2.12. The Bertz CT molecular complexity index is 864. The topological polar surface area (TPSA) is 108 Å². The number of aryl methyl sites for hydroxylation is 1. The molecule has 120 valence electrons. The Kier molecular flexibility index (Phi) is 4.97. The van der Waals surface area contributed by atoms with Crippen molar-refractivity contribution >= 4 is 33.5 Å². The number of aromatic hydroxyl groups is 1. The van der Waals surface area contributed by atoms with E-state index in [1.807, 2.05) is 4.83 Å². The van der Waals surface area contributed by atoms with Gasteiger partial charge in [0, 0.05) is 10.6 Å². The summed E-state index contributed by atoms with van der Waals surface area (Å²) in [7, 11) is -3.86. The molecule has 0 aliphatic rings. The fraction of sp³-hybridized carbons (Fsp3) is 0.0714. The largest absolute Gasteiger partial charge is 0.505 e. The number of rotatable bonds is 5. The number of hydrazone groups is 1. The van der Waals surface area contributed by atoms with Gasteiger partial charge in [-0.05, 0) is 54.1 Å². The van der Waals surface area contributed by atoms with Crippen LogP contribution in [0.4, 0.5) is 5.69 Å². The second-order valence-corrected chi connectivity index (χ2v) is 6.72. The lowest BCUT2D eigenvalue weighted by Crippen LogP contribution is -2.18. The zero-order chi connectivity index (χ0) is 17.0. The Morgan fingerprint density at radius 2 is 1.87 bits per heavy atom. The molecule has 2 aromatic rings. The van der Waals surface area contributed by atoms with Gasteiger partial charge in [-0.15, -0.1) is 4.91 Å². The molecule has 0 atom stereocenters. The molecule has 2 N–H and O–H groups in total. The van der Waals surface area contributed by atoms with E-state index in [2.05, 4.69) is 10.3 Å². The van der Waals surface area contributed by atoms with Gasteiger partial charge in [-0.3, -0.25) is 0 Å². The van der Waals surface area contributed by atoms with Crippen molar-refractivity contribution in [2.45, 2.75) is 11.8 Å². The minimum absolute atomic E-state index is 0.0113. The van der Waals surface area contributed by atoms with Crippen molar-refractivity contribution in [1.82, 2.24) is 4.83 Å². The van der Waals surface area contributed by atoms with Gasteiger partial charge in [-0.2, -0.15) is 13.5 Å². The van der Waals surface area contributed by atoms with Crippen molar-refractivity contribution in [2.75, 3.05) is 0 Å². The van der Waals surface area contributed by atoms with Crippen LogP contribution >= 0.6 is 11.6 Å². The van der Waals surface area contributed by atoms with E-state index in [1.165, 1.54) is 36.4 Å². The lowest BCUT2D eigenvalue weighted by atomic mass is 10.1. The van der Waals surface area contributed by atoms with E-state index in [0.717, 1.165) is 6.21 Å². The van der Waals surface area contributed by atoms with Gasteiger partial charge in [-0.1, -0.05) is 11.6 Å². The minimum Gasteiger partial charge on any atom is -0.505 e. The predicted molar refractivity (Wildman–Crippen MR) is 87.7 cm³/mol. The van der Waals surface area contributed by atoms with Crippen LogP contribution in [0.15, 0.2) is 51.6 Å². The summed E-state index contributed by atoms with van der Waals surface area (Å²) < 4.78 is 24.0. The van der Waals surface area contributed by atoms with Crippen LogP contribution in [0.2, 0.25) is 5.02 Å². The van der Waals surface area contributed by atoms with Crippen molar-refractivity contribution in [1.29, 1.82) is 0 Å². The molecule has 0 aromatic heterocycles. The quantitative estimate of drug-likeness (QED) is 0.489. The first kappa shape index (κ1) is 16.9. The van der Waals surface area contributed by atoms with E-state index in [1.54, 1.807) is 6.92 Å². The smallest absolute Gasteiger partial charge is 0.276 e. The standard InChI is InChI=1S/C14H12ClN3O4S/c1-9-6-10(14(19)13(7-9)17-20)8-16-18-23(21,22)12-4-2-11(15)3-5-12/h2-8,18-19H,1H3. The highest BCUT2D eigenvalue weighted by Crippen LogP contribution is 2.30. The third-order valence-corrected chi connectivity index (χ3v) is 4.35. The molecule has 0 aliphatic heterocycles. The number of nitrogens with one attached hydrogen (secondary N) is 1. The third kappa shape index (κ3) is 4.05. The monoisotopic (exact) mass is 353 g/mol. The fourth-order valence-corrected chi connectivity index (χ4v) is 2.70. The van der Waals surface area contributed by atoms with Crippen LogP contribution in [-0.2, 0) is 10.0 Å². The minimum atomic E-state index is -3.86. The second kappa shape index (κ2) is 6.76. The number of phenols is 1. The second-order valence-electron chi connectivity index (χ2n) is 4.62. The van der Waals surface area contributed by atoms with Gasteiger partial charge < -0.3 is 5.11 Å². The Balaban J connectivity index is 2.23. The lowest BCUT2D eigenvalue weighted by Gasteiger charge is -2.05. The number of sulfonamides is 1. The molecule has 2 rings (SSSR count). The van der Waals surface area contributed by atoms with Gasteiger partial charge >= 0.3 is 0 Å². The summed E-state index contributed by atoms with van der Waals surface area (Å²) in [6.07, 6.45) is 1.09. The van der Waals surface area contributed by atoms with E-state index in [9.17, 15) is 18.4 Å². The third-order valence-electron chi connectivity index (χ3n) is 2.86. The van der Waals surface area contributed by atoms with Crippen molar-refractivity contribution in [2.24, 2.45) is 10.3 Å². The van der Waals surface area contributed by atoms with Gasteiger partial charge in [0.1, 0.15) is 0 Å². The van der Waals surface area contributed by atoms with Crippen LogP contribution in [-0.4, -0.2) is 19.7 Å². The summed E-state index contributed by atoms with van der Waals surface area (Å²) in [6, 6.07) is 8.47. The molecule has 0 spiro atoms. The Hall–Kier alpha value is -2.45. The summed E-state index contributed by atoms with van der Waals surface area (Å²) in [6.45, 7) is 1.70. The zero-order valence-corrected chi connectivity index (χ0v) is 13.5. The number of phenolic OH excluding ortho intramolecular Hbond substituents is 1. The van der Waals surface area contributed by atoms with Crippen molar-refractivity contribution in [3.8, 4) is 5.75 Å². The highest BCUT2D eigenvalue weighted by atomic mass is 35.5. The maximum atomic E-state index is 12.0. The maximum absolute atomic E-state index is 12.0.